The summed E-state index contributed by atoms with van der Waals surface area (Å²) in [5.74, 6) is 0.915. The van der Waals surface area contributed by atoms with Gasteiger partial charge in [-0.1, -0.05) is 12.1 Å². The highest BCUT2D eigenvalue weighted by Gasteiger charge is 2.12. The number of carbonyl (C=O) groups is 1. The standard InChI is InChI=1S/C13H20N2OS/c1-4-14-12-8-6-5-7-11(12)13(16)15-10(2)9-17-3/h5-8,10,14H,4,9H2,1-3H3,(H,15,16). The van der Waals surface area contributed by atoms with Gasteiger partial charge in [-0.05, 0) is 32.2 Å². The summed E-state index contributed by atoms with van der Waals surface area (Å²) in [7, 11) is 0. The van der Waals surface area contributed by atoms with Gasteiger partial charge in [-0.3, -0.25) is 4.79 Å². The molecule has 0 aliphatic heterocycles. The molecule has 0 heterocycles. The second kappa shape index (κ2) is 7.22. The van der Waals surface area contributed by atoms with Crippen LogP contribution >= 0.6 is 11.8 Å². The Morgan fingerprint density at radius 1 is 1.41 bits per heavy atom. The van der Waals surface area contributed by atoms with Crippen LogP contribution in [0.25, 0.3) is 0 Å². The topological polar surface area (TPSA) is 41.1 Å². The summed E-state index contributed by atoms with van der Waals surface area (Å²) >= 11 is 1.73. The molecule has 0 aliphatic rings. The fraction of sp³-hybridized carbons (Fsp3) is 0.462. The molecular formula is C13H20N2OS. The number of hydrogen-bond donors (Lipinski definition) is 2. The van der Waals surface area contributed by atoms with Crippen molar-refractivity contribution in [3.05, 3.63) is 29.8 Å². The van der Waals surface area contributed by atoms with Gasteiger partial charge in [0, 0.05) is 24.0 Å². The van der Waals surface area contributed by atoms with Crippen LogP contribution in [0, 0.1) is 0 Å². The lowest BCUT2D eigenvalue weighted by atomic mass is 10.1. The predicted molar refractivity (Wildman–Crippen MR) is 75.9 cm³/mol. The SMILES string of the molecule is CCNc1ccccc1C(=O)NC(C)CSC. The predicted octanol–water partition coefficient (Wildman–Crippen LogP) is 2.60. The second-order valence-electron chi connectivity index (χ2n) is 3.91. The van der Waals surface area contributed by atoms with Crippen LogP contribution in [0.15, 0.2) is 24.3 Å². The summed E-state index contributed by atoms with van der Waals surface area (Å²) in [6, 6.07) is 7.78. The maximum atomic E-state index is 12.1. The van der Waals surface area contributed by atoms with Gasteiger partial charge in [0.15, 0.2) is 0 Å². The molecule has 2 N–H and O–H groups in total. The van der Waals surface area contributed by atoms with Crippen molar-refractivity contribution in [1.82, 2.24) is 5.32 Å². The Bertz CT molecular complexity index is 368. The molecule has 3 nitrogen and oxygen atoms in total. The average Bonchev–Trinajstić information content (AvgIpc) is 2.30. The Kier molecular flexibility index (Phi) is 5.91. The van der Waals surface area contributed by atoms with Crippen molar-refractivity contribution in [1.29, 1.82) is 0 Å². The largest absolute Gasteiger partial charge is 0.385 e. The molecule has 0 spiro atoms. The van der Waals surface area contributed by atoms with Crippen molar-refractivity contribution >= 4 is 23.4 Å². The van der Waals surface area contributed by atoms with E-state index in [4.69, 9.17) is 0 Å². The summed E-state index contributed by atoms with van der Waals surface area (Å²) in [6.07, 6.45) is 2.04. The number of thioether (sulfide) groups is 1. The van der Waals surface area contributed by atoms with E-state index < -0.39 is 0 Å². The minimum Gasteiger partial charge on any atom is -0.385 e. The first kappa shape index (κ1) is 13.9. The molecule has 17 heavy (non-hydrogen) atoms. The van der Waals surface area contributed by atoms with Crippen molar-refractivity contribution in [2.24, 2.45) is 0 Å². The third kappa shape index (κ3) is 4.30. The van der Waals surface area contributed by atoms with Crippen LogP contribution in [-0.2, 0) is 0 Å². The normalized spacial score (nSPS) is 11.9. The highest BCUT2D eigenvalue weighted by molar-refractivity contribution is 7.98. The molecule has 1 unspecified atom stereocenters. The summed E-state index contributed by atoms with van der Waals surface area (Å²) in [5.41, 5.74) is 1.60. The average molecular weight is 252 g/mol. The highest BCUT2D eigenvalue weighted by Crippen LogP contribution is 2.14. The maximum Gasteiger partial charge on any atom is 0.253 e. The van der Waals surface area contributed by atoms with Gasteiger partial charge >= 0.3 is 0 Å². The van der Waals surface area contributed by atoms with E-state index in [1.54, 1.807) is 11.8 Å². The van der Waals surface area contributed by atoms with Gasteiger partial charge in [-0.25, -0.2) is 0 Å². The van der Waals surface area contributed by atoms with Crippen molar-refractivity contribution in [3.63, 3.8) is 0 Å². The van der Waals surface area contributed by atoms with E-state index in [2.05, 4.69) is 10.6 Å². The molecule has 1 aromatic carbocycles. The van der Waals surface area contributed by atoms with E-state index >= 15 is 0 Å². The maximum absolute atomic E-state index is 12.1. The van der Waals surface area contributed by atoms with E-state index in [0.717, 1.165) is 18.0 Å². The molecule has 0 bridgehead atoms. The third-order valence-corrected chi connectivity index (χ3v) is 3.17. The molecule has 0 saturated carbocycles. The molecule has 1 aromatic rings. The number of hydrogen-bond acceptors (Lipinski definition) is 3. The van der Waals surface area contributed by atoms with E-state index in [9.17, 15) is 4.79 Å². The molecule has 0 fully saturated rings. The first-order valence-electron chi connectivity index (χ1n) is 5.81. The number of para-hydroxylation sites is 1. The molecule has 0 radical (unpaired) electrons. The Labute approximate surface area is 107 Å². The van der Waals surface area contributed by atoms with Crippen LogP contribution in [-0.4, -0.2) is 30.5 Å². The lowest BCUT2D eigenvalue weighted by Crippen LogP contribution is -2.34. The smallest absolute Gasteiger partial charge is 0.253 e. The molecular weight excluding hydrogens is 232 g/mol. The van der Waals surface area contributed by atoms with Crippen LogP contribution in [0.1, 0.15) is 24.2 Å². The van der Waals surface area contributed by atoms with Crippen LogP contribution in [0.3, 0.4) is 0 Å². The quantitative estimate of drug-likeness (QED) is 0.817. The van der Waals surface area contributed by atoms with Gasteiger partial charge in [0.25, 0.3) is 5.91 Å². The zero-order valence-electron chi connectivity index (χ0n) is 10.6. The molecule has 4 heteroatoms. The van der Waals surface area contributed by atoms with Gasteiger partial charge in [0.2, 0.25) is 0 Å². The van der Waals surface area contributed by atoms with Crippen molar-refractivity contribution in [3.8, 4) is 0 Å². The monoisotopic (exact) mass is 252 g/mol. The summed E-state index contributed by atoms with van der Waals surface area (Å²) in [4.78, 5) is 12.1. The Balaban J connectivity index is 2.74. The van der Waals surface area contributed by atoms with Crippen molar-refractivity contribution in [2.75, 3.05) is 23.9 Å². The lowest BCUT2D eigenvalue weighted by molar-refractivity contribution is 0.0944. The lowest BCUT2D eigenvalue weighted by Gasteiger charge is -2.15. The first-order chi connectivity index (χ1) is 8.19. The van der Waals surface area contributed by atoms with Crippen LogP contribution < -0.4 is 10.6 Å². The van der Waals surface area contributed by atoms with Gasteiger partial charge < -0.3 is 10.6 Å². The Morgan fingerprint density at radius 3 is 2.76 bits per heavy atom. The van der Waals surface area contributed by atoms with E-state index in [-0.39, 0.29) is 11.9 Å². The summed E-state index contributed by atoms with van der Waals surface area (Å²) in [6.45, 7) is 4.85. The van der Waals surface area contributed by atoms with Gasteiger partial charge in [-0.2, -0.15) is 11.8 Å². The van der Waals surface area contributed by atoms with E-state index in [1.165, 1.54) is 0 Å². The zero-order chi connectivity index (χ0) is 12.7. The van der Waals surface area contributed by atoms with E-state index in [0.29, 0.717) is 5.56 Å². The molecule has 94 valence electrons. The second-order valence-corrected chi connectivity index (χ2v) is 4.82. The number of rotatable bonds is 6. The van der Waals surface area contributed by atoms with Gasteiger partial charge in [0.1, 0.15) is 0 Å². The minimum absolute atomic E-state index is 0.0110. The number of carbonyl (C=O) groups excluding carboxylic acids is 1. The number of nitrogens with one attached hydrogen (secondary N) is 2. The molecule has 1 amide bonds. The Hall–Kier alpha value is -1.16. The summed E-state index contributed by atoms with van der Waals surface area (Å²) < 4.78 is 0. The van der Waals surface area contributed by atoms with Crippen LogP contribution in [0.4, 0.5) is 5.69 Å². The fourth-order valence-electron chi connectivity index (χ4n) is 1.62. The minimum atomic E-state index is -0.0110. The zero-order valence-corrected chi connectivity index (χ0v) is 11.4. The Morgan fingerprint density at radius 2 is 2.12 bits per heavy atom. The van der Waals surface area contributed by atoms with E-state index in [1.807, 2.05) is 44.4 Å². The van der Waals surface area contributed by atoms with Crippen molar-refractivity contribution < 1.29 is 4.79 Å². The first-order valence-corrected chi connectivity index (χ1v) is 7.21. The fourth-order valence-corrected chi connectivity index (χ4v) is 2.20. The van der Waals surface area contributed by atoms with Crippen LogP contribution in [0.2, 0.25) is 0 Å². The summed E-state index contributed by atoms with van der Waals surface area (Å²) in [5, 5.41) is 6.19. The molecule has 1 rings (SSSR count). The molecule has 0 aliphatic carbocycles. The van der Waals surface area contributed by atoms with Crippen molar-refractivity contribution in [2.45, 2.75) is 19.9 Å². The van der Waals surface area contributed by atoms with Crippen LogP contribution in [0.5, 0.6) is 0 Å². The third-order valence-electron chi connectivity index (χ3n) is 2.33. The number of amides is 1. The number of benzene rings is 1. The van der Waals surface area contributed by atoms with Gasteiger partial charge in [0.05, 0.1) is 5.56 Å². The molecule has 1 atom stereocenters. The number of anilines is 1. The molecule has 0 saturated heterocycles. The highest BCUT2D eigenvalue weighted by atomic mass is 32.2. The molecule has 0 aromatic heterocycles. The van der Waals surface area contributed by atoms with Gasteiger partial charge in [-0.15, -0.1) is 0 Å².